The molecule has 0 aromatic rings. The van der Waals surface area contributed by atoms with Gasteiger partial charge in [-0.05, 0) is 0 Å². The average Bonchev–Trinajstić information content (AvgIpc) is 1.91. The molecule has 0 aromatic heterocycles. The minimum Gasteiger partial charge on any atom is -0.119 e. The van der Waals surface area contributed by atoms with Crippen LogP contribution in [0.15, 0.2) is 30.9 Å². The molecule has 45 valence electrons. The summed E-state index contributed by atoms with van der Waals surface area (Å²) < 4.78 is 0. The van der Waals surface area contributed by atoms with Crippen molar-refractivity contribution >= 4 is 0 Å². The van der Waals surface area contributed by atoms with E-state index in [9.17, 15) is 0 Å². The largest absolute Gasteiger partial charge is 0.119 e. The molecule has 1 radical (unpaired) electrons. The Bertz CT molecular complexity index is 155. The van der Waals surface area contributed by atoms with Gasteiger partial charge in [-0.1, -0.05) is 36.8 Å². The van der Waals surface area contributed by atoms with Crippen LogP contribution >= 0.6 is 0 Å². The highest BCUT2D eigenvalue weighted by atomic mass is 13.9. The third-order valence-corrected chi connectivity index (χ3v) is 0.876. The van der Waals surface area contributed by atoms with Crippen LogP contribution in [0.4, 0.5) is 0 Å². The van der Waals surface area contributed by atoms with Gasteiger partial charge in [0.05, 0.1) is 5.92 Å². The van der Waals surface area contributed by atoms with E-state index < -0.39 is 0 Å². The van der Waals surface area contributed by atoms with Gasteiger partial charge in [-0.2, -0.15) is 0 Å². The molecule has 0 aromatic carbocycles. The van der Waals surface area contributed by atoms with Crippen molar-refractivity contribution in [2.24, 2.45) is 5.92 Å². The molecule has 0 aliphatic carbocycles. The Balaban J connectivity index is 3.86. The highest BCUT2D eigenvalue weighted by molar-refractivity contribution is 5.15. The van der Waals surface area contributed by atoms with Crippen molar-refractivity contribution in [1.29, 1.82) is 0 Å². The molecular weight excluding hydrogens is 108 g/mol. The molecule has 0 heterocycles. The highest BCUT2D eigenvalue weighted by Gasteiger charge is 1.86. The number of hydrogen-bond acceptors (Lipinski definition) is 0. The van der Waals surface area contributed by atoms with E-state index in [1.165, 1.54) is 6.08 Å². The van der Waals surface area contributed by atoms with E-state index in [4.69, 9.17) is 13.0 Å². The van der Waals surface area contributed by atoms with Crippen molar-refractivity contribution in [3.63, 3.8) is 0 Å². The third-order valence-electron chi connectivity index (χ3n) is 0.876. The summed E-state index contributed by atoms with van der Waals surface area (Å²) in [6, 6.07) is 0. The second-order valence-corrected chi connectivity index (χ2v) is 1.51. The molecule has 0 rings (SSSR count). The molecule has 0 bridgehead atoms. The molecular formula is C9H9. The Morgan fingerprint density at radius 1 is 1.56 bits per heavy atom. The lowest BCUT2D eigenvalue weighted by Crippen LogP contribution is -1.81. The molecule has 0 amide bonds. The molecule has 1 atom stereocenters. The predicted octanol–water partition coefficient (Wildman–Crippen LogP) is 1.97. The van der Waals surface area contributed by atoms with E-state index in [-0.39, 0.29) is 5.92 Å². The van der Waals surface area contributed by atoms with Crippen LogP contribution in [0.2, 0.25) is 0 Å². The molecule has 0 heteroatoms. The predicted molar refractivity (Wildman–Crippen MR) is 40.5 cm³/mol. The van der Waals surface area contributed by atoms with Gasteiger partial charge in [0.25, 0.3) is 0 Å². The molecule has 0 aliphatic rings. The van der Waals surface area contributed by atoms with E-state index in [2.05, 4.69) is 12.5 Å². The van der Waals surface area contributed by atoms with Crippen LogP contribution in [0.5, 0.6) is 0 Å². The fraction of sp³-hybridized carbons (Fsp3) is 0.111. The quantitative estimate of drug-likeness (QED) is 0.301. The topological polar surface area (TPSA) is 0 Å². The van der Waals surface area contributed by atoms with Crippen molar-refractivity contribution in [2.75, 3.05) is 0 Å². The van der Waals surface area contributed by atoms with Gasteiger partial charge >= 0.3 is 0 Å². The van der Waals surface area contributed by atoms with Crippen molar-refractivity contribution < 1.29 is 0 Å². The van der Waals surface area contributed by atoms with Gasteiger partial charge in [0, 0.05) is 0 Å². The molecule has 0 fully saturated rings. The molecule has 0 N–H and O–H groups in total. The summed E-state index contributed by atoms with van der Waals surface area (Å²) >= 11 is 0. The van der Waals surface area contributed by atoms with Gasteiger partial charge in [-0.3, -0.25) is 0 Å². The standard InChI is InChI=1S/C9H9/c1-4-7-8-9(5-2)6-3/h1-2,4,6-9H,3H2. The van der Waals surface area contributed by atoms with Crippen LogP contribution in [0.1, 0.15) is 0 Å². The van der Waals surface area contributed by atoms with E-state index in [1.807, 2.05) is 0 Å². The fourth-order valence-electron chi connectivity index (χ4n) is 0.386. The Labute approximate surface area is 56.6 Å². The van der Waals surface area contributed by atoms with Crippen LogP contribution in [0.25, 0.3) is 0 Å². The first-order valence-corrected chi connectivity index (χ1v) is 2.65. The van der Waals surface area contributed by atoms with Crippen LogP contribution in [-0.4, -0.2) is 0 Å². The first-order valence-electron chi connectivity index (χ1n) is 2.65. The number of hydrogen-bond donors (Lipinski definition) is 0. The molecule has 0 spiro atoms. The minimum absolute atomic E-state index is 0.00444. The maximum Gasteiger partial charge on any atom is 0.0561 e. The zero-order valence-corrected chi connectivity index (χ0v) is 5.25. The Morgan fingerprint density at radius 2 is 2.22 bits per heavy atom. The molecule has 0 saturated heterocycles. The van der Waals surface area contributed by atoms with Crippen LogP contribution in [-0.2, 0) is 0 Å². The monoisotopic (exact) mass is 117 g/mol. The third kappa shape index (κ3) is 3.37. The van der Waals surface area contributed by atoms with E-state index in [0.717, 1.165) is 0 Å². The smallest absolute Gasteiger partial charge is 0.0561 e. The second-order valence-electron chi connectivity index (χ2n) is 1.51. The normalized spacial score (nSPS) is 12.3. The Morgan fingerprint density at radius 3 is 2.56 bits per heavy atom. The molecule has 9 heavy (non-hydrogen) atoms. The maximum atomic E-state index is 5.10. The summed E-state index contributed by atoms with van der Waals surface area (Å²) in [7, 11) is 0. The van der Waals surface area contributed by atoms with Crippen molar-refractivity contribution in [1.82, 2.24) is 0 Å². The van der Waals surface area contributed by atoms with Crippen molar-refractivity contribution in [2.45, 2.75) is 0 Å². The van der Waals surface area contributed by atoms with Gasteiger partial charge in [0.2, 0.25) is 0 Å². The van der Waals surface area contributed by atoms with Crippen LogP contribution < -0.4 is 0 Å². The number of rotatable bonds is 3. The summed E-state index contributed by atoms with van der Waals surface area (Å²) in [5.74, 6) is 2.51. The maximum absolute atomic E-state index is 5.10. The molecule has 0 aliphatic heterocycles. The van der Waals surface area contributed by atoms with Crippen molar-refractivity contribution in [3.05, 3.63) is 37.5 Å². The summed E-state index contributed by atoms with van der Waals surface area (Å²) in [6.45, 7) is 8.61. The summed E-state index contributed by atoms with van der Waals surface area (Å²) in [5.41, 5.74) is 0. The second kappa shape index (κ2) is 4.93. The van der Waals surface area contributed by atoms with E-state index >= 15 is 0 Å². The zero-order chi connectivity index (χ0) is 7.11. The average molecular weight is 117 g/mol. The molecule has 0 nitrogen and oxygen atoms in total. The van der Waals surface area contributed by atoms with Crippen molar-refractivity contribution in [3.8, 4) is 12.3 Å². The van der Waals surface area contributed by atoms with E-state index in [1.54, 1.807) is 18.2 Å². The Kier molecular flexibility index (Phi) is 4.26. The SMILES string of the molecule is [CH]=CC=CC(C#C)C=C. The first-order chi connectivity index (χ1) is 4.35. The minimum atomic E-state index is 0.00444. The number of allylic oxidation sites excluding steroid dienone is 4. The zero-order valence-electron chi connectivity index (χ0n) is 5.25. The Hall–Kier alpha value is -1.22. The van der Waals surface area contributed by atoms with Gasteiger partial charge in [0.15, 0.2) is 0 Å². The summed E-state index contributed by atoms with van der Waals surface area (Å²) in [5, 5.41) is 0. The molecule has 0 saturated carbocycles. The lowest BCUT2D eigenvalue weighted by molar-refractivity contribution is 1.13. The van der Waals surface area contributed by atoms with Gasteiger partial charge < -0.3 is 0 Å². The lowest BCUT2D eigenvalue weighted by Gasteiger charge is -1.90. The van der Waals surface area contributed by atoms with Crippen LogP contribution in [0, 0.1) is 24.8 Å². The fourth-order valence-corrected chi connectivity index (χ4v) is 0.386. The molecule has 1 unspecified atom stereocenters. The van der Waals surface area contributed by atoms with Crippen LogP contribution in [0.3, 0.4) is 0 Å². The van der Waals surface area contributed by atoms with E-state index in [0.29, 0.717) is 0 Å². The highest BCUT2D eigenvalue weighted by Crippen LogP contribution is 1.96. The summed E-state index contributed by atoms with van der Waals surface area (Å²) in [4.78, 5) is 0. The van der Waals surface area contributed by atoms with Gasteiger partial charge in [0.1, 0.15) is 0 Å². The first kappa shape index (κ1) is 7.78. The lowest BCUT2D eigenvalue weighted by atomic mass is 10.1. The van der Waals surface area contributed by atoms with Gasteiger partial charge in [-0.25, -0.2) is 0 Å². The summed E-state index contributed by atoms with van der Waals surface area (Å²) in [6.07, 6.45) is 11.7. The number of terminal acetylenes is 1. The van der Waals surface area contributed by atoms with Gasteiger partial charge in [-0.15, -0.1) is 13.0 Å².